The zero-order chi connectivity index (χ0) is 31.0. The molecule has 2 aromatic carbocycles. The Kier molecular flexibility index (Phi) is 19.9. The van der Waals surface area contributed by atoms with Crippen LogP contribution < -0.4 is 11.5 Å². The number of ether oxygens (including phenoxy) is 2. The van der Waals surface area contributed by atoms with Crippen molar-refractivity contribution in [3.05, 3.63) is 59.7 Å². The van der Waals surface area contributed by atoms with Crippen LogP contribution in [0.2, 0.25) is 0 Å². The van der Waals surface area contributed by atoms with Crippen LogP contribution >= 0.6 is 0 Å². The number of hydrogen-bond acceptors (Lipinski definition) is 6. The fourth-order valence-corrected chi connectivity index (χ4v) is 5.28. The van der Waals surface area contributed by atoms with E-state index < -0.39 is 0 Å². The van der Waals surface area contributed by atoms with Crippen molar-refractivity contribution in [2.75, 3.05) is 24.7 Å². The molecule has 0 aliphatic carbocycles. The fraction of sp³-hybridized carbons (Fsp3) is 0.622. The third-order valence-electron chi connectivity index (χ3n) is 8.04. The minimum absolute atomic E-state index is 0.0766. The number of nitrogens with two attached hydrogens (primary N) is 2. The summed E-state index contributed by atoms with van der Waals surface area (Å²) in [6.45, 7) is 2.94. The third kappa shape index (κ3) is 19.1. The van der Waals surface area contributed by atoms with Gasteiger partial charge in [0.05, 0.1) is 12.7 Å². The first-order valence-electron chi connectivity index (χ1n) is 16.9. The predicted octanol–water partition coefficient (Wildman–Crippen LogP) is 8.79. The van der Waals surface area contributed by atoms with Crippen LogP contribution in [-0.4, -0.2) is 31.1 Å². The number of ketones is 1. The molecule has 0 aliphatic heterocycles. The second-order valence-corrected chi connectivity index (χ2v) is 12.0. The Balaban J connectivity index is 1.46. The monoisotopic (exact) mass is 594 g/mol. The van der Waals surface area contributed by atoms with Gasteiger partial charge in [0.2, 0.25) is 0 Å². The molecule has 0 saturated carbocycles. The van der Waals surface area contributed by atoms with Crippen LogP contribution in [0.4, 0.5) is 11.4 Å². The van der Waals surface area contributed by atoms with Crippen molar-refractivity contribution in [3.8, 4) is 0 Å². The van der Waals surface area contributed by atoms with Crippen LogP contribution in [0.1, 0.15) is 127 Å². The summed E-state index contributed by atoms with van der Waals surface area (Å²) in [6.07, 6.45) is 19.9. The number of anilines is 2. The average molecular weight is 595 g/mol. The summed E-state index contributed by atoms with van der Waals surface area (Å²) >= 11 is 0. The molecule has 6 nitrogen and oxygen atoms in total. The van der Waals surface area contributed by atoms with Gasteiger partial charge in [-0.05, 0) is 73.9 Å². The van der Waals surface area contributed by atoms with E-state index in [0.29, 0.717) is 19.4 Å². The number of Topliss-reactive ketones (excluding diaryl/α,β-unsaturated/α-hetero) is 1. The van der Waals surface area contributed by atoms with Crippen molar-refractivity contribution in [2.24, 2.45) is 0 Å². The van der Waals surface area contributed by atoms with Gasteiger partial charge in [-0.2, -0.15) is 0 Å². The van der Waals surface area contributed by atoms with Crippen LogP contribution in [-0.2, 0) is 31.9 Å². The van der Waals surface area contributed by atoms with Crippen molar-refractivity contribution in [1.82, 2.24) is 0 Å². The Labute approximate surface area is 261 Å². The zero-order valence-electron chi connectivity index (χ0n) is 26.8. The van der Waals surface area contributed by atoms with Gasteiger partial charge < -0.3 is 20.9 Å². The van der Waals surface area contributed by atoms with E-state index in [1.54, 1.807) is 0 Å². The van der Waals surface area contributed by atoms with E-state index >= 15 is 0 Å². The number of aryl methyl sites for hydroxylation is 2. The lowest BCUT2D eigenvalue weighted by Gasteiger charge is -2.18. The predicted molar refractivity (Wildman–Crippen MR) is 179 cm³/mol. The van der Waals surface area contributed by atoms with Gasteiger partial charge in [-0.3, -0.25) is 9.59 Å². The molecule has 0 spiro atoms. The quantitative estimate of drug-likeness (QED) is 0.0641. The van der Waals surface area contributed by atoms with E-state index in [0.717, 1.165) is 68.3 Å². The van der Waals surface area contributed by atoms with Gasteiger partial charge in [-0.15, -0.1) is 0 Å². The summed E-state index contributed by atoms with van der Waals surface area (Å²) in [7, 11) is 0. The Morgan fingerprint density at radius 3 is 1.72 bits per heavy atom. The molecule has 0 unspecified atom stereocenters. The van der Waals surface area contributed by atoms with E-state index in [1.807, 2.05) is 48.5 Å². The summed E-state index contributed by atoms with van der Waals surface area (Å²) in [4.78, 5) is 24.4. The van der Waals surface area contributed by atoms with Crippen molar-refractivity contribution >= 4 is 23.1 Å². The number of benzene rings is 2. The number of hydrogen-bond donors (Lipinski definition) is 2. The summed E-state index contributed by atoms with van der Waals surface area (Å²) in [5, 5.41) is 0. The van der Waals surface area contributed by atoms with Crippen molar-refractivity contribution < 1.29 is 19.1 Å². The molecule has 0 fully saturated rings. The van der Waals surface area contributed by atoms with Gasteiger partial charge in [0.1, 0.15) is 6.61 Å². The highest BCUT2D eigenvalue weighted by atomic mass is 16.5. The lowest BCUT2D eigenvalue weighted by Crippen LogP contribution is -2.19. The molecular formula is C37H58N2O4. The van der Waals surface area contributed by atoms with Gasteiger partial charge in [0.25, 0.3) is 0 Å². The highest BCUT2D eigenvalue weighted by molar-refractivity contribution is 5.79. The van der Waals surface area contributed by atoms with Gasteiger partial charge in [-0.25, -0.2) is 0 Å². The molecule has 0 saturated heterocycles. The molecule has 240 valence electrons. The lowest BCUT2D eigenvalue weighted by atomic mass is 10.0. The summed E-state index contributed by atoms with van der Waals surface area (Å²) in [5.41, 5.74) is 15.3. The Hall–Kier alpha value is -2.86. The molecule has 4 N–H and O–H groups in total. The number of carbonyl (C=O) groups excluding carboxylic acids is 2. The van der Waals surface area contributed by atoms with E-state index in [4.69, 9.17) is 20.9 Å². The largest absolute Gasteiger partial charge is 0.466 e. The van der Waals surface area contributed by atoms with Gasteiger partial charge in [0.15, 0.2) is 5.78 Å². The summed E-state index contributed by atoms with van der Waals surface area (Å²) in [6, 6.07) is 15.6. The van der Waals surface area contributed by atoms with Crippen LogP contribution in [0.15, 0.2) is 48.5 Å². The number of nitrogen functional groups attached to an aromatic ring is 2. The first-order chi connectivity index (χ1) is 21.0. The Morgan fingerprint density at radius 2 is 1.14 bits per heavy atom. The SMILES string of the molecule is CCCCCC[C@H](CCCCCCCCCCC(=O)OCCCc1ccc(N)cc1)OCC(=O)CCc1ccc(N)cc1. The van der Waals surface area contributed by atoms with Gasteiger partial charge >= 0.3 is 5.97 Å². The van der Waals surface area contributed by atoms with E-state index in [-0.39, 0.29) is 24.5 Å². The standard InChI is InChI=1S/C37H58N2O4/c1-2-3-4-11-16-36(43-30-35(40)28-23-32-21-26-34(39)27-22-32)17-12-9-7-5-6-8-10-13-18-37(41)42-29-14-15-31-19-24-33(38)25-20-31/h19-22,24-27,36H,2-18,23,28-30,38-39H2,1H3/t36-/m1/s1. The maximum Gasteiger partial charge on any atom is 0.305 e. The maximum atomic E-state index is 12.5. The zero-order valence-corrected chi connectivity index (χ0v) is 26.8. The molecule has 0 radical (unpaired) electrons. The van der Waals surface area contributed by atoms with Crippen molar-refractivity contribution in [3.63, 3.8) is 0 Å². The van der Waals surface area contributed by atoms with E-state index in [2.05, 4.69) is 6.92 Å². The molecule has 0 aliphatic rings. The lowest BCUT2D eigenvalue weighted by molar-refractivity contribution is -0.143. The maximum absolute atomic E-state index is 12.5. The molecule has 0 heterocycles. The fourth-order valence-electron chi connectivity index (χ4n) is 5.28. The Bertz CT molecular complexity index is 991. The minimum Gasteiger partial charge on any atom is -0.466 e. The molecule has 0 amide bonds. The molecule has 1 atom stereocenters. The van der Waals surface area contributed by atoms with E-state index in [9.17, 15) is 9.59 Å². The summed E-state index contributed by atoms with van der Waals surface area (Å²) < 4.78 is 11.5. The Morgan fingerprint density at radius 1 is 0.628 bits per heavy atom. The molecule has 0 aromatic heterocycles. The van der Waals surface area contributed by atoms with Crippen LogP contribution in [0.25, 0.3) is 0 Å². The third-order valence-corrected chi connectivity index (χ3v) is 8.04. The topological polar surface area (TPSA) is 105 Å². The van der Waals surface area contributed by atoms with Crippen LogP contribution in [0.3, 0.4) is 0 Å². The average Bonchev–Trinajstić information content (AvgIpc) is 3.01. The molecule has 6 heteroatoms. The molecular weight excluding hydrogens is 536 g/mol. The number of unbranched alkanes of at least 4 members (excludes halogenated alkanes) is 10. The number of rotatable bonds is 26. The molecule has 2 aromatic rings. The van der Waals surface area contributed by atoms with Crippen LogP contribution in [0, 0.1) is 0 Å². The molecule has 2 rings (SSSR count). The normalized spacial score (nSPS) is 11.8. The van der Waals surface area contributed by atoms with Gasteiger partial charge in [0, 0.05) is 24.2 Å². The van der Waals surface area contributed by atoms with Crippen molar-refractivity contribution in [1.29, 1.82) is 0 Å². The summed E-state index contributed by atoms with van der Waals surface area (Å²) in [5.74, 6) is 0.102. The van der Waals surface area contributed by atoms with E-state index in [1.165, 1.54) is 63.4 Å². The number of esters is 1. The smallest absolute Gasteiger partial charge is 0.305 e. The van der Waals surface area contributed by atoms with Crippen molar-refractivity contribution in [2.45, 2.75) is 135 Å². The second kappa shape index (κ2) is 23.6. The first kappa shape index (κ1) is 36.3. The van der Waals surface area contributed by atoms with Gasteiger partial charge in [-0.1, -0.05) is 102 Å². The minimum atomic E-state index is -0.0766. The highest BCUT2D eigenvalue weighted by Gasteiger charge is 2.12. The molecule has 43 heavy (non-hydrogen) atoms. The molecule has 0 bridgehead atoms. The first-order valence-corrected chi connectivity index (χ1v) is 16.9. The highest BCUT2D eigenvalue weighted by Crippen LogP contribution is 2.17. The van der Waals surface area contributed by atoms with Crippen LogP contribution in [0.5, 0.6) is 0 Å². The number of carbonyl (C=O) groups is 2. The second-order valence-electron chi connectivity index (χ2n) is 12.0.